The molecule has 1 aliphatic heterocycles. The molecule has 47 heavy (non-hydrogen) atoms. The quantitative estimate of drug-likeness (QED) is 0.228. The summed E-state index contributed by atoms with van der Waals surface area (Å²) in [5.41, 5.74) is -2.92. The number of hydrogen-bond donors (Lipinski definition) is 3. The molecule has 2 aromatic heterocycles. The molecule has 0 unspecified atom stereocenters. The summed E-state index contributed by atoms with van der Waals surface area (Å²) in [7, 11) is 2.50. The SMILES string of the molecule is COc1cc(F)c(-c2nc([C@@](O)(CNC(=O)c3cc(OC)c4nn(C5CC5)cc4c3)C(F)(F)F)cc3c2OC[C@]3(C)C(N)=O)c(F)c1. The summed E-state index contributed by atoms with van der Waals surface area (Å²) in [4.78, 5) is 29.6. The van der Waals surface area contributed by atoms with Crippen LogP contribution in [0.5, 0.6) is 17.2 Å². The van der Waals surface area contributed by atoms with Gasteiger partial charge < -0.3 is 30.4 Å². The summed E-state index contributed by atoms with van der Waals surface area (Å²) in [6.07, 6.45) is -1.95. The maximum atomic E-state index is 15.3. The highest BCUT2D eigenvalue weighted by Gasteiger charge is 2.58. The second kappa shape index (κ2) is 11.1. The van der Waals surface area contributed by atoms with E-state index in [0.29, 0.717) is 10.9 Å². The summed E-state index contributed by atoms with van der Waals surface area (Å²) in [5.74, 6) is -5.01. The highest BCUT2D eigenvalue weighted by atomic mass is 19.4. The number of carbonyl (C=O) groups excluding carboxylic acids is 2. The summed E-state index contributed by atoms with van der Waals surface area (Å²) < 4.78 is 92.4. The van der Waals surface area contributed by atoms with Gasteiger partial charge in [-0.3, -0.25) is 14.3 Å². The average Bonchev–Trinajstić information content (AvgIpc) is 3.69. The number of rotatable bonds is 9. The Morgan fingerprint density at radius 1 is 1.13 bits per heavy atom. The van der Waals surface area contributed by atoms with Crippen LogP contribution in [0.3, 0.4) is 0 Å². The smallest absolute Gasteiger partial charge is 0.424 e. The Morgan fingerprint density at radius 2 is 1.81 bits per heavy atom. The number of nitrogens with zero attached hydrogens (tertiary/aromatic N) is 3. The number of fused-ring (bicyclic) bond motifs is 2. The molecule has 0 spiro atoms. The number of pyridine rings is 1. The van der Waals surface area contributed by atoms with Gasteiger partial charge in [-0.05, 0) is 38.0 Å². The number of ether oxygens (including phenoxy) is 3. The van der Waals surface area contributed by atoms with Crippen LogP contribution >= 0.6 is 0 Å². The number of aromatic nitrogens is 3. The van der Waals surface area contributed by atoms with Crippen molar-refractivity contribution < 1.29 is 50.9 Å². The van der Waals surface area contributed by atoms with Crippen LogP contribution in [0.4, 0.5) is 22.0 Å². The molecule has 16 heteroatoms. The van der Waals surface area contributed by atoms with Crippen LogP contribution in [0.15, 0.2) is 36.5 Å². The fraction of sp³-hybridized carbons (Fsp3) is 0.355. The van der Waals surface area contributed by atoms with E-state index in [4.69, 9.17) is 19.9 Å². The summed E-state index contributed by atoms with van der Waals surface area (Å²) in [6, 6.07) is 5.20. The molecule has 2 aliphatic rings. The zero-order valence-corrected chi connectivity index (χ0v) is 25.2. The second-order valence-electron chi connectivity index (χ2n) is 11.7. The highest BCUT2D eigenvalue weighted by molar-refractivity contribution is 6.00. The zero-order chi connectivity index (χ0) is 34.1. The number of nitrogens with one attached hydrogen (secondary N) is 1. The normalized spacial score (nSPS) is 18.7. The van der Waals surface area contributed by atoms with Crippen LogP contribution in [0.2, 0.25) is 0 Å². The van der Waals surface area contributed by atoms with E-state index in [1.165, 1.54) is 26.2 Å². The summed E-state index contributed by atoms with van der Waals surface area (Å²) >= 11 is 0. The number of primary amides is 1. The van der Waals surface area contributed by atoms with Crippen molar-refractivity contribution in [2.45, 2.75) is 43.0 Å². The van der Waals surface area contributed by atoms with Gasteiger partial charge in [-0.15, -0.1) is 0 Å². The summed E-state index contributed by atoms with van der Waals surface area (Å²) in [6.45, 7) is -0.708. The van der Waals surface area contributed by atoms with Gasteiger partial charge in [0.1, 0.15) is 52.1 Å². The standard InChI is InChI=1S/C31H28F5N5O6/c1-29(28(37)43)13-47-26-18(29)10-22(39-25(26)23-19(32)8-17(45-2)9-20(23)33)30(44,31(34,35)36)12-38-27(42)14-6-15-11-41(16-4-5-16)40-24(15)21(7-14)46-3/h6-11,16,44H,4-5,12-13H2,1-3H3,(H2,37,43)(H,38,42)/t29-,30-/m0/s1. The van der Waals surface area contributed by atoms with E-state index in [0.717, 1.165) is 38.2 Å². The molecular formula is C31H28F5N5O6. The van der Waals surface area contributed by atoms with Gasteiger partial charge in [0.25, 0.3) is 5.91 Å². The third kappa shape index (κ3) is 5.25. The first-order valence-electron chi connectivity index (χ1n) is 14.3. The Balaban J connectivity index is 1.44. The van der Waals surface area contributed by atoms with E-state index < -0.39 is 76.5 Å². The fourth-order valence-electron chi connectivity index (χ4n) is 5.44. The lowest BCUT2D eigenvalue weighted by Gasteiger charge is -2.31. The number of hydrogen-bond acceptors (Lipinski definition) is 8. The van der Waals surface area contributed by atoms with E-state index in [-0.39, 0.29) is 28.7 Å². The molecule has 248 valence electrons. The topological polar surface area (TPSA) is 151 Å². The molecule has 1 aliphatic carbocycles. The molecule has 0 bridgehead atoms. The molecule has 3 heterocycles. The first-order valence-corrected chi connectivity index (χ1v) is 14.3. The van der Waals surface area contributed by atoms with Crippen molar-refractivity contribution in [3.8, 4) is 28.5 Å². The molecule has 4 N–H and O–H groups in total. The Hall–Kier alpha value is -4.99. The lowest BCUT2D eigenvalue weighted by Crippen LogP contribution is -2.51. The number of aliphatic hydroxyl groups is 1. The number of nitrogens with two attached hydrogens (primary N) is 1. The highest BCUT2D eigenvalue weighted by Crippen LogP contribution is 2.49. The van der Waals surface area contributed by atoms with Gasteiger partial charge in [0.05, 0.1) is 38.1 Å². The zero-order valence-electron chi connectivity index (χ0n) is 25.2. The first-order chi connectivity index (χ1) is 22.1. The van der Waals surface area contributed by atoms with Crippen molar-refractivity contribution >= 4 is 22.7 Å². The lowest BCUT2D eigenvalue weighted by atomic mass is 9.81. The number of methoxy groups -OCH3 is 2. The van der Waals surface area contributed by atoms with Gasteiger partial charge >= 0.3 is 6.18 Å². The predicted molar refractivity (Wildman–Crippen MR) is 155 cm³/mol. The van der Waals surface area contributed by atoms with Crippen LogP contribution in [0, 0.1) is 11.6 Å². The molecule has 2 atom stereocenters. The number of benzene rings is 2. The number of carbonyl (C=O) groups is 2. The number of halogens is 5. The Kier molecular flexibility index (Phi) is 7.53. The Bertz CT molecular complexity index is 1920. The molecule has 11 nitrogen and oxygen atoms in total. The largest absolute Gasteiger partial charge is 0.497 e. The van der Waals surface area contributed by atoms with Crippen molar-refractivity contribution in [3.63, 3.8) is 0 Å². The van der Waals surface area contributed by atoms with Gasteiger partial charge in [0.2, 0.25) is 11.5 Å². The van der Waals surface area contributed by atoms with Crippen LogP contribution in [-0.4, -0.2) is 65.2 Å². The van der Waals surface area contributed by atoms with E-state index in [2.05, 4.69) is 15.4 Å². The van der Waals surface area contributed by atoms with E-state index in [1.54, 1.807) is 10.9 Å². The van der Waals surface area contributed by atoms with Gasteiger partial charge in [-0.1, -0.05) is 0 Å². The minimum absolute atomic E-state index is 0.0890. The van der Waals surface area contributed by atoms with E-state index in [1.807, 2.05) is 0 Å². The molecule has 2 amide bonds. The molecule has 2 aromatic carbocycles. The molecule has 1 saturated carbocycles. The average molecular weight is 662 g/mol. The Morgan fingerprint density at radius 3 is 2.38 bits per heavy atom. The van der Waals surface area contributed by atoms with Gasteiger partial charge in [-0.2, -0.15) is 18.3 Å². The van der Waals surface area contributed by atoms with Crippen LogP contribution in [0.25, 0.3) is 22.2 Å². The molecular weight excluding hydrogens is 633 g/mol. The Labute approximate surface area is 263 Å². The molecule has 0 radical (unpaired) electrons. The van der Waals surface area contributed by atoms with Crippen molar-refractivity contribution in [1.29, 1.82) is 0 Å². The van der Waals surface area contributed by atoms with Crippen LogP contribution < -0.4 is 25.3 Å². The lowest BCUT2D eigenvalue weighted by molar-refractivity contribution is -0.265. The molecule has 6 rings (SSSR count). The third-order valence-corrected chi connectivity index (χ3v) is 8.50. The molecule has 1 fully saturated rings. The maximum Gasteiger partial charge on any atom is 0.424 e. The van der Waals surface area contributed by atoms with Gasteiger partial charge in [0.15, 0.2) is 0 Å². The number of alkyl halides is 3. The fourth-order valence-corrected chi connectivity index (χ4v) is 5.44. The van der Waals surface area contributed by atoms with Gasteiger partial charge in [0, 0.05) is 34.8 Å². The molecule has 4 aromatic rings. The van der Waals surface area contributed by atoms with Gasteiger partial charge in [-0.25, -0.2) is 13.8 Å². The van der Waals surface area contributed by atoms with E-state index >= 15 is 8.78 Å². The minimum Gasteiger partial charge on any atom is -0.497 e. The predicted octanol–water partition coefficient (Wildman–Crippen LogP) is 4.04. The van der Waals surface area contributed by atoms with Crippen molar-refractivity contribution in [1.82, 2.24) is 20.1 Å². The third-order valence-electron chi connectivity index (χ3n) is 8.50. The minimum atomic E-state index is -5.51. The van der Waals surface area contributed by atoms with Crippen molar-refractivity contribution in [3.05, 3.63) is 65.0 Å². The summed E-state index contributed by atoms with van der Waals surface area (Å²) in [5, 5.41) is 18.4. The van der Waals surface area contributed by atoms with E-state index in [9.17, 15) is 27.9 Å². The first kappa shape index (κ1) is 32.0. The van der Waals surface area contributed by atoms with Crippen molar-refractivity contribution in [2.75, 3.05) is 27.4 Å². The van der Waals surface area contributed by atoms with Crippen LogP contribution in [0.1, 0.15) is 47.4 Å². The second-order valence-corrected chi connectivity index (χ2v) is 11.7. The monoisotopic (exact) mass is 661 g/mol. The maximum absolute atomic E-state index is 15.3. The van der Waals surface area contributed by atoms with Crippen LogP contribution in [-0.2, 0) is 15.8 Å². The number of amides is 2. The molecule has 0 saturated heterocycles. The van der Waals surface area contributed by atoms with Crippen molar-refractivity contribution in [2.24, 2.45) is 5.73 Å².